The zero-order valence-electron chi connectivity index (χ0n) is 10.4. The number of rotatable bonds is 2. The van der Waals surface area contributed by atoms with Gasteiger partial charge in [-0.1, -0.05) is 59.6 Å². The Balaban J connectivity index is 2.63. The molecule has 0 saturated carbocycles. The molecule has 1 heterocycles. The van der Waals surface area contributed by atoms with Gasteiger partial charge >= 0.3 is 0 Å². The Kier molecular flexibility index (Phi) is 2.38. The second-order valence-electron chi connectivity index (χ2n) is 6.77. The summed E-state index contributed by atoms with van der Waals surface area (Å²) in [6.07, 6.45) is 1.32. The molecule has 0 aromatic rings. The summed E-state index contributed by atoms with van der Waals surface area (Å²) in [7, 11) is 2.49. The molecule has 1 radical (unpaired) electrons. The smallest absolute Gasteiger partial charge is 0.0727 e. The summed E-state index contributed by atoms with van der Waals surface area (Å²) in [6.45, 7) is 16.6. The van der Waals surface area contributed by atoms with Crippen LogP contribution >= 0.6 is 0 Å². The third-order valence-electron chi connectivity index (χ3n) is 4.42. The third kappa shape index (κ3) is 2.11. The van der Waals surface area contributed by atoms with E-state index in [9.17, 15) is 0 Å². The van der Waals surface area contributed by atoms with Crippen molar-refractivity contribution in [3.8, 4) is 0 Å². The van der Waals surface area contributed by atoms with E-state index in [1.54, 1.807) is 0 Å². The van der Waals surface area contributed by atoms with Crippen LogP contribution in [0.1, 0.15) is 54.9 Å². The SMILES string of the molecule is CC1[B]C1(C)CC(C)(C)C(C)(C)C. The molecule has 0 amide bonds. The number of hydrogen-bond donors (Lipinski definition) is 0. The Morgan fingerprint density at radius 1 is 1.15 bits per heavy atom. The molecule has 0 N–H and O–H groups in total. The van der Waals surface area contributed by atoms with Crippen LogP contribution in [0.5, 0.6) is 0 Å². The minimum absolute atomic E-state index is 0.409. The fraction of sp³-hybridized carbons (Fsp3) is 1.00. The predicted molar refractivity (Wildman–Crippen MR) is 61.4 cm³/mol. The van der Waals surface area contributed by atoms with Gasteiger partial charge in [-0.2, -0.15) is 0 Å². The quantitative estimate of drug-likeness (QED) is 0.558. The van der Waals surface area contributed by atoms with Gasteiger partial charge < -0.3 is 0 Å². The highest BCUT2D eigenvalue weighted by molar-refractivity contribution is 6.56. The molecule has 0 bridgehead atoms. The van der Waals surface area contributed by atoms with Crippen LogP contribution in [0.3, 0.4) is 0 Å². The van der Waals surface area contributed by atoms with E-state index >= 15 is 0 Å². The van der Waals surface area contributed by atoms with Crippen molar-refractivity contribution >= 4 is 7.28 Å². The molecule has 0 aromatic heterocycles. The lowest BCUT2D eigenvalue weighted by Crippen LogP contribution is -2.31. The van der Waals surface area contributed by atoms with E-state index in [0.29, 0.717) is 16.1 Å². The highest BCUT2D eigenvalue weighted by Crippen LogP contribution is 2.64. The molecule has 0 aromatic carbocycles. The first-order chi connectivity index (χ1) is 5.58. The fourth-order valence-corrected chi connectivity index (χ4v) is 1.96. The Labute approximate surface area is 84.7 Å². The Morgan fingerprint density at radius 2 is 1.54 bits per heavy atom. The molecule has 1 rings (SSSR count). The van der Waals surface area contributed by atoms with Gasteiger partial charge in [0.2, 0.25) is 0 Å². The zero-order valence-corrected chi connectivity index (χ0v) is 10.4. The van der Waals surface area contributed by atoms with Crippen molar-refractivity contribution in [3.05, 3.63) is 0 Å². The van der Waals surface area contributed by atoms with Crippen LogP contribution in [0.2, 0.25) is 11.1 Å². The van der Waals surface area contributed by atoms with Gasteiger partial charge in [0, 0.05) is 0 Å². The van der Waals surface area contributed by atoms with Gasteiger partial charge in [-0.25, -0.2) is 0 Å². The van der Waals surface area contributed by atoms with Gasteiger partial charge in [0.05, 0.1) is 0 Å². The highest BCUT2D eigenvalue weighted by Gasteiger charge is 2.51. The maximum absolute atomic E-state index is 2.49. The largest absolute Gasteiger partial charge is 0.120 e. The maximum Gasteiger partial charge on any atom is 0.120 e. The predicted octanol–water partition coefficient (Wildman–Crippen LogP) is 4.15. The standard InChI is InChI=1S/C12H24B/c1-9-12(7,13-9)8-11(5,6)10(2,3)4/h9H,8H2,1-7H3. The summed E-state index contributed by atoms with van der Waals surface area (Å²) < 4.78 is 0. The lowest BCUT2D eigenvalue weighted by molar-refractivity contribution is 0.109. The molecule has 2 unspecified atom stereocenters. The van der Waals surface area contributed by atoms with E-state index in [1.807, 2.05) is 0 Å². The second-order valence-corrected chi connectivity index (χ2v) is 6.77. The van der Waals surface area contributed by atoms with E-state index in [4.69, 9.17) is 0 Å². The molecule has 2 atom stereocenters. The molecule has 1 saturated heterocycles. The lowest BCUT2D eigenvalue weighted by atomic mass is 9.62. The normalized spacial score (nSPS) is 34.2. The maximum atomic E-state index is 2.49. The summed E-state index contributed by atoms with van der Waals surface area (Å²) in [5.74, 6) is 0.828. The average Bonchev–Trinajstić information content (AvgIpc) is 2.34. The third-order valence-corrected chi connectivity index (χ3v) is 4.42. The molecule has 1 aliphatic heterocycles. The number of hydrogen-bond acceptors (Lipinski definition) is 0. The van der Waals surface area contributed by atoms with Crippen molar-refractivity contribution in [3.63, 3.8) is 0 Å². The first-order valence-electron chi connectivity index (χ1n) is 5.45. The van der Waals surface area contributed by atoms with Crippen molar-refractivity contribution in [1.82, 2.24) is 0 Å². The summed E-state index contributed by atoms with van der Waals surface area (Å²) >= 11 is 0. The molecule has 1 fully saturated rings. The first kappa shape index (κ1) is 11.1. The van der Waals surface area contributed by atoms with Gasteiger partial charge in [-0.15, -0.1) is 0 Å². The van der Waals surface area contributed by atoms with Crippen molar-refractivity contribution in [1.29, 1.82) is 0 Å². The average molecular weight is 179 g/mol. The monoisotopic (exact) mass is 179 g/mol. The van der Waals surface area contributed by atoms with Crippen LogP contribution in [0.4, 0.5) is 0 Å². The molecular formula is C12H24B. The van der Waals surface area contributed by atoms with Crippen LogP contribution < -0.4 is 0 Å². The highest BCUT2D eigenvalue weighted by atomic mass is 14.5. The van der Waals surface area contributed by atoms with Crippen molar-refractivity contribution in [2.45, 2.75) is 66.0 Å². The van der Waals surface area contributed by atoms with E-state index in [0.717, 1.165) is 5.82 Å². The molecular weight excluding hydrogens is 155 g/mol. The van der Waals surface area contributed by atoms with Gasteiger partial charge in [0.15, 0.2) is 0 Å². The van der Waals surface area contributed by atoms with Crippen LogP contribution in [0, 0.1) is 10.8 Å². The summed E-state index contributed by atoms with van der Waals surface area (Å²) in [6, 6.07) is 0. The molecule has 0 nitrogen and oxygen atoms in total. The molecule has 1 heteroatoms. The second kappa shape index (κ2) is 2.78. The first-order valence-corrected chi connectivity index (χ1v) is 5.45. The van der Waals surface area contributed by atoms with Crippen molar-refractivity contribution in [2.75, 3.05) is 0 Å². The molecule has 0 spiro atoms. The summed E-state index contributed by atoms with van der Waals surface area (Å²) in [5, 5.41) is 0.525. The summed E-state index contributed by atoms with van der Waals surface area (Å²) in [5.41, 5.74) is 0.842. The van der Waals surface area contributed by atoms with Crippen molar-refractivity contribution in [2.24, 2.45) is 10.8 Å². The minimum atomic E-state index is 0.409. The van der Waals surface area contributed by atoms with Crippen LogP contribution in [-0.2, 0) is 0 Å². The topological polar surface area (TPSA) is 0 Å². The zero-order chi connectivity index (χ0) is 10.5. The van der Waals surface area contributed by atoms with E-state index < -0.39 is 0 Å². The van der Waals surface area contributed by atoms with Crippen LogP contribution in [-0.4, -0.2) is 7.28 Å². The van der Waals surface area contributed by atoms with E-state index in [2.05, 4.69) is 55.7 Å². The summed E-state index contributed by atoms with van der Waals surface area (Å²) in [4.78, 5) is 0. The molecule has 13 heavy (non-hydrogen) atoms. The molecule has 1 aliphatic rings. The van der Waals surface area contributed by atoms with Gasteiger partial charge in [-0.05, 0) is 17.3 Å². The Hall–Kier alpha value is 0.0649. The van der Waals surface area contributed by atoms with Gasteiger partial charge in [0.1, 0.15) is 7.28 Å². The van der Waals surface area contributed by atoms with E-state index in [1.165, 1.54) is 6.42 Å². The fourth-order valence-electron chi connectivity index (χ4n) is 1.96. The van der Waals surface area contributed by atoms with Gasteiger partial charge in [0.25, 0.3) is 0 Å². The minimum Gasteiger partial charge on any atom is -0.0727 e. The van der Waals surface area contributed by atoms with Gasteiger partial charge in [-0.3, -0.25) is 0 Å². The van der Waals surface area contributed by atoms with E-state index in [-0.39, 0.29) is 0 Å². The Morgan fingerprint density at radius 3 is 1.77 bits per heavy atom. The van der Waals surface area contributed by atoms with Crippen molar-refractivity contribution < 1.29 is 0 Å². The molecule has 0 aliphatic carbocycles. The lowest BCUT2D eigenvalue weighted by Gasteiger charge is -2.41. The van der Waals surface area contributed by atoms with Crippen LogP contribution in [0.15, 0.2) is 0 Å². The molecule has 75 valence electrons. The van der Waals surface area contributed by atoms with Crippen LogP contribution in [0.25, 0.3) is 0 Å². The Bertz CT molecular complexity index is 200.